The number of likely N-dealkylation sites (tertiary alicyclic amines) is 1. The Morgan fingerprint density at radius 2 is 2.20 bits per heavy atom. The minimum atomic E-state index is 0.933. The summed E-state index contributed by atoms with van der Waals surface area (Å²) in [6.45, 7) is 9.96. The Morgan fingerprint density at radius 3 is 3.00 bits per heavy atom. The van der Waals surface area contributed by atoms with Crippen LogP contribution in [0.5, 0.6) is 0 Å². The van der Waals surface area contributed by atoms with E-state index in [4.69, 9.17) is 4.42 Å². The van der Waals surface area contributed by atoms with Crippen molar-refractivity contribution in [1.29, 1.82) is 0 Å². The number of nitrogens with zero attached hydrogens (tertiary/aromatic N) is 1. The molecule has 1 saturated heterocycles. The zero-order chi connectivity index (χ0) is 14.2. The summed E-state index contributed by atoms with van der Waals surface area (Å²) in [6.07, 6.45) is 8.43. The average Bonchev–Trinajstić information content (AvgIpc) is 2.76. The van der Waals surface area contributed by atoms with Crippen LogP contribution in [0.15, 0.2) is 16.7 Å². The van der Waals surface area contributed by atoms with Gasteiger partial charge in [-0.25, -0.2) is 0 Å². The van der Waals surface area contributed by atoms with E-state index in [2.05, 4.69) is 30.1 Å². The maximum Gasteiger partial charge on any atom is 0.122 e. The van der Waals surface area contributed by atoms with Gasteiger partial charge in [-0.05, 0) is 57.3 Å². The van der Waals surface area contributed by atoms with Crippen molar-refractivity contribution in [2.75, 3.05) is 19.6 Å². The lowest BCUT2D eigenvalue weighted by atomic mass is 9.98. The van der Waals surface area contributed by atoms with Crippen molar-refractivity contribution in [3.63, 3.8) is 0 Å². The largest absolute Gasteiger partial charge is 0.468 e. The smallest absolute Gasteiger partial charge is 0.122 e. The van der Waals surface area contributed by atoms with E-state index in [0.717, 1.165) is 31.3 Å². The maximum atomic E-state index is 5.71. The second-order valence-corrected chi connectivity index (χ2v) is 6.03. The molecule has 1 fully saturated rings. The van der Waals surface area contributed by atoms with E-state index >= 15 is 0 Å². The van der Waals surface area contributed by atoms with Gasteiger partial charge in [-0.2, -0.15) is 0 Å². The highest BCUT2D eigenvalue weighted by molar-refractivity contribution is 5.16. The van der Waals surface area contributed by atoms with Crippen molar-refractivity contribution in [3.05, 3.63) is 23.7 Å². The summed E-state index contributed by atoms with van der Waals surface area (Å²) in [5, 5.41) is 3.47. The van der Waals surface area contributed by atoms with Crippen LogP contribution in [0.4, 0.5) is 0 Å². The molecule has 1 aromatic rings. The number of nitrogens with one attached hydrogen (secondary N) is 1. The average molecular weight is 278 g/mol. The van der Waals surface area contributed by atoms with Crippen LogP contribution in [0.2, 0.25) is 0 Å². The van der Waals surface area contributed by atoms with Gasteiger partial charge in [-0.15, -0.1) is 0 Å². The van der Waals surface area contributed by atoms with Crippen molar-refractivity contribution < 1.29 is 4.42 Å². The lowest BCUT2D eigenvalue weighted by molar-refractivity contribution is 0.248. The van der Waals surface area contributed by atoms with Gasteiger partial charge in [0.25, 0.3) is 0 Å². The highest BCUT2D eigenvalue weighted by atomic mass is 16.3. The molecule has 0 radical (unpaired) electrons. The van der Waals surface area contributed by atoms with Crippen LogP contribution < -0.4 is 5.32 Å². The molecule has 1 N–H and O–H groups in total. The van der Waals surface area contributed by atoms with Gasteiger partial charge in [-0.3, -0.25) is 4.90 Å². The molecule has 3 nitrogen and oxygen atoms in total. The quantitative estimate of drug-likeness (QED) is 0.769. The number of rotatable bonds is 7. The first kappa shape index (κ1) is 15.6. The van der Waals surface area contributed by atoms with E-state index in [1.54, 1.807) is 0 Å². The molecule has 0 amide bonds. The molecule has 1 aliphatic heterocycles. The molecule has 0 aliphatic carbocycles. The fourth-order valence-electron chi connectivity index (χ4n) is 3.06. The van der Waals surface area contributed by atoms with Gasteiger partial charge in [-0.1, -0.05) is 20.3 Å². The minimum absolute atomic E-state index is 0.933. The molecule has 0 aromatic carbocycles. The van der Waals surface area contributed by atoms with Crippen molar-refractivity contribution in [3.8, 4) is 0 Å². The summed E-state index contributed by atoms with van der Waals surface area (Å²) in [7, 11) is 0. The molecule has 2 heterocycles. The Morgan fingerprint density at radius 1 is 1.30 bits per heavy atom. The van der Waals surface area contributed by atoms with E-state index in [-0.39, 0.29) is 0 Å². The standard InChI is InChI=1S/C17H30N2O/c1-3-9-18-13-16-8-12-20-17(16)14-19-10-5-6-15(4-2)7-11-19/h8,12,15,18H,3-7,9-11,13-14H2,1-2H3. The fourth-order valence-corrected chi connectivity index (χ4v) is 3.06. The van der Waals surface area contributed by atoms with Gasteiger partial charge < -0.3 is 9.73 Å². The zero-order valence-corrected chi connectivity index (χ0v) is 13.2. The van der Waals surface area contributed by atoms with Gasteiger partial charge in [0.05, 0.1) is 12.8 Å². The lowest BCUT2D eigenvalue weighted by Crippen LogP contribution is -2.25. The second-order valence-electron chi connectivity index (χ2n) is 6.03. The molecule has 1 atom stereocenters. The van der Waals surface area contributed by atoms with E-state index in [9.17, 15) is 0 Å². The van der Waals surface area contributed by atoms with Gasteiger partial charge in [0, 0.05) is 12.1 Å². The number of furan rings is 1. The SMILES string of the molecule is CCCNCc1ccoc1CN1CCCC(CC)CC1. The molecule has 2 rings (SSSR count). The van der Waals surface area contributed by atoms with Gasteiger partial charge in [0.15, 0.2) is 0 Å². The third kappa shape index (κ3) is 4.64. The predicted octanol–water partition coefficient (Wildman–Crippen LogP) is 3.79. The molecule has 1 aromatic heterocycles. The van der Waals surface area contributed by atoms with Crippen LogP contribution in [-0.2, 0) is 13.1 Å². The molecule has 3 heteroatoms. The first-order valence-electron chi connectivity index (χ1n) is 8.31. The lowest BCUT2D eigenvalue weighted by Gasteiger charge is -2.19. The van der Waals surface area contributed by atoms with Gasteiger partial charge in [0.1, 0.15) is 5.76 Å². The molecular formula is C17H30N2O. The van der Waals surface area contributed by atoms with Crippen LogP contribution in [0.25, 0.3) is 0 Å². The van der Waals surface area contributed by atoms with Gasteiger partial charge in [0.2, 0.25) is 0 Å². The Kier molecular flexibility index (Phi) is 6.61. The Bertz CT molecular complexity index is 375. The maximum absolute atomic E-state index is 5.71. The van der Waals surface area contributed by atoms with Crippen molar-refractivity contribution >= 4 is 0 Å². The topological polar surface area (TPSA) is 28.4 Å². The second kappa shape index (κ2) is 8.48. The summed E-state index contributed by atoms with van der Waals surface area (Å²) in [4.78, 5) is 2.57. The molecule has 1 aliphatic rings. The summed E-state index contributed by atoms with van der Waals surface area (Å²) >= 11 is 0. The molecule has 20 heavy (non-hydrogen) atoms. The highest BCUT2D eigenvalue weighted by Gasteiger charge is 2.17. The third-order valence-corrected chi connectivity index (χ3v) is 4.46. The van der Waals surface area contributed by atoms with E-state index < -0.39 is 0 Å². The van der Waals surface area contributed by atoms with E-state index in [1.807, 2.05) is 6.26 Å². The zero-order valence-electron chi connectivity index (χ0n) is 13.2. The molecular weight excluding hydrogens is 248 g/mol. The Balaban J connectivity index is 1.84. The van der Waals surface area contributed by atoms with Crippen LogP contribution in [-0.4, -0.2) is 24.5 Å². The Hall–Kier alpha value is -0.800. The normalized spacial score (nSPS) is 21.0. The summed E-state index contributed by atoms with van der Waals surface area (Å²) in [5.41, 5.74) is 1.33. The van der Waals surface area contributed by atoms with E-state index in [0.29, 0.717) is 0 Å². The first-order chi connectivity index (χ1) is 9.83. The fraction of sp³-hybridized carbons (Fsp3) is 0.765. The van der Waals surface area contributed by atoms with Crippen molar-refractivity contribution in [2.45, 2.75) is 59.0 Å². The summed E-state index contributed by atoms with van der Waals surface area (Å²) in [6, 6.07) is 2.12. The number of hydrogen-bond donors (Lipinski definition) is 1. The molecule has 114 valence electrons. The first-order valence-corrected chi connectivity index (χ1v) is 8.31. The molecule has 1 unspecified atom stereocenters. The minimum Gasteiger partial charge on any atom is -0.468 e. The van der Waals surface area contributed by atoms with Crippen LogP contribution >= 0.6 is 0 Å². The summed E-state index contributed by atoms with van der Waals surface area (Å²) in [5.74, 6) is 2.09. The Labute approximate surface area is 123 Å². The van der Waals surface area contributed by atoms with Crippen molar-refractivity contribution in [1.82, 2.24) is 10.2 Å². The monoisotopic (exact) mass is 278 g/mol. The molecule has 0 saturated carbocycles. The molecule has 0 spiro atoms. The van der Waals surface area contributed by atoms with Crippen LogP contribution in [0.1, 0.15) is 57.3 Å². The third-order valence-electron chi connectivity index (χ3n) is 4.46. The summed E-state index contributed by atoms with van der Waals surface area (Å²) < 4.78 is 5.71. The van der Waals surface area contributed by atoms with Gasteiger partial charge >= 0.3 is 0 Å². The highest BCUT2D eigenvalue weighted by Crippen LogP contribution is 2.22. The number of hydrogen-bond acceptors (Lipinski definition) is 3. The molecule has 0 bridgehead atoms. The van der Waals surface area contributed by atoms with Crippen LogP contribution in [0, 0.1) is 5.92 Å². The van der Waals surface area contributed by atoms with Crippen molar-refractivity contribution in [2.24, 2.45) is 5.92 Å². The van der Waals surface area contributed by atoms with E-state index in [1.165, 1.54) is 50.8 Å². The predicted molar refractivity (Wildman–Crippen MR) is 83.6 cm³/mol. The van der Waals surface area contributed by atoms with Crippen LogP contribution in [0.3, 0.4) is 0 Å².